The van der Waals surface area contributed by atoms with E-state index >= 15 is 0 Å². The lowest BCUT2D eigenvalue weighted by atomic mass is 10.2. The molecule has 1 aliphatic rings. The van der Waals surface area contributed by atoms with Gasteiger partial charge in [-0.25, -0.2) is 4.79 Å². The maximum atomic E-state index is 12.3. The standard InChI is InChI=1S/C19H21N5O4/c1-13(25)23-9-11-24(12-10-23)17-8-7-16(21-22-17)18(26)20-15-5-3-14(4-6-15)19(27)28-2/h3-8H,9-12H2,1-2H3,(H,20,26). The zero-order chi connectivity index (χ0) is 20.1. The van der Waals surface area contributed by atoms with Crippen LogP contribution in [0.1, 0.15) is 27.8 Å². The van der Waals surface area contributed by atoms with Crippen LogP contribution in [0.2, 0.25) is 0 Å². The summed E-state index contributed by atoms with van der Waals surface area (Å²) >= 11 is 0. The van der Waals surface area contributed by atoms with E-state index in [0.717, 1.165) is 0 Å². The van der Waals surface area contributed by atoms with Crippen LogP contribution in [0.25, 0.3) is 0 Å². The van der Waals surface area contributed by atoms with Gasteiger partial charge in [-0.2, -0.15) is 0 Å². The number of rotatable bonds is 4. The van der Waals surface area contributed by atoms with E-state index in [9.17, 15) is 14.4 Å². The van der Waals surface area contributed by atoms with Gasteiger partial charge in [-0.3, -0.25) is 9.59 Å². The largest absolute Gasteiger partial charge is 0.465 e. The van der Waals surface area contributed by atoms with Crippen LogP contribution in [0.4, 0.5) is 11.5 Å². The molecule has 1 fully saturated rings. The molecule has 2 aromatic rings. The molecular formula is C19H21N5O4. The van der Waals surface area contributed by atoms with Gasteiger partial charge in [0, 0.05) is 38.8 Å². The maximum absolute atomic E-state index is 12.3. The molecule has 0 saturated carbocycles. The molecule has 0 atom stereocenters. The van der Waals surface area contributed by atoms with Crippen LogP contribution in [0, 0.1) is 0 Å². The van der Waals surface area contributed by atoms with Gasteiger partial charge in [0.05, 0.1) is 12.7 Å². The van der Waals surface area contributed by atoms with Crippen molar-refractivity contribution in [1.29, 1.82) is 0 Å². The van der Waals surface area contributed by atoms with Crippen molar-refractivity contribution < 1.29 is 19.1 Å². The first kappa shape index (κ1) is 19.3. The first-order valence-electron chi connectivity index (χ1n) is 8.82. The van der Waals surface area contributed by atoms with Gasteiger partial charge in [-0.05, 0) is 36.4 Å². The van der Waals surface area contributed by atoms with Gasteiger partial charge in [0.1, 0.15) is 0 Å². The van der Waals surface area contributed by atoms with Crippen LogP contribution < -0.4 is 10.2 Å². The Kier molecular flexibility index (Phi) is 5.83. The lowest BCUT2D eigenvalue weighted by Gasteiger charge is -2.34. The van der Waals surface area contributed by atoms with Gasteiger partial charge < -0.3 is 19.9 Å². The number of piperazine rings is 1. The molecule has 9 heteroatoms. The molecule has 3 rings (SSSR count). The van der Waals surface area contributed by atoms with Crippen LogP contribution in [0.15, 0.2) is 36.4 Å². The molecule has 1 N–H and O–H groups in total. The zero-order valence-corrected chi connectivity index (χ0v) is 15.7. The predicted octanol–water partition coefficient (Wildman–Crippen LogP) is 1.18. The number of esters is 1. The van der Waals surface area contributed by atoms with E-state index in [-0.39, 0.29) is 11.6 Å². The predicted molar refractivity (Wildman–Crippen MR) is 102 cm³/mol. The minimum Gasteiger partial charge on any atom is -0.465 e. The van der Waals surface area contributed by atoms with Crippen molar-refractivity contribution in [1.82, 2.24) is 15.1 Å². The first-order chi connectivity index (χ1) is 13.5. The molecule has 0 unspecified atom stereocenters. The molecule has 1 aromatic carbocycles. The summed E-state index contributed by atoms with van der Waals surface area (Å²) in [6.45, 7) is 4.19. The normalized spacial score (nSPS) is 13.8. The molecule has 0 radical (unpaired) electrons. The van der Waals surface area contributed by atoms with Crippen LogP contribution in [-0.4, -0.2) is 66.2 Å². The van der Waals surface area contributed by atoms with Gasteiger partial charge in [-0.1, -0.05) is 0 Å². The summed E-state index contributed by atoms with van der Waals surface area (Å²) in [7, 11) is 1.31. The number of hydrogen-bond donors (Lipinski definition) is 1. The Morgan fingerprint density at radius 2 is 1.64 bits per heavy atom. The second-order valence-corrected chi connectivity index (χ2v) is 6.29. The lowest BCUT2D eigenvalue weighted by Crippen LogP contribution is -2.48. The third kappa shape index (κ3) is 4.43. The van der Waals surface area contributed by atoms with Gasteiger partial charge in [-0.15, -0.1) is 10.2 Å². The molecule has 0 bridgehead atoms. The van der Waals surface area contributed by atoms with E-state index in [4.69, 9.17) is 0 Å². The number of methoxy groups -OCH3 is 1. The molecule has 1 saturated heterocycles. The average molecular weight is 383 g/mol. The van der Waals surface area contributed by atoms with Crippen molar-refractivity contribution in [2.45, 2.75) is 6.92 Å². The van der Waals surface area contributed by atoms with Crippen molar-refractivity contribution in [2.24, 2.45) is 0 Å². The summed E-state index contributed by atoms with van der Waals surface area (Å²) in [5.74, 6) is -0.103. The maximum Gasteiger partial charge on any atom is 0.337 e. The number of benzene rings is 1. The topological polar surface area (TPSA) is 105 Å². The number of aromatic nitrogens is 2. The van der Waals surface area contributed by atoms with Crippen molar-refractivity contribution in [3.63, 3.8) is 0 Å². The fourth-order valence-corrected chi connectivity index (χ4v) is 2.87. The van der Waals surface area contributed by atoms with Crippen molar-refractivity contribution in [3.05, 3.63) is 47.7 Å². The highest BCUT2D eigenvalue weighted by atomic mass is 16.5. The minimum atomic E-state index is -0.441. The number of ether oxygens (including phenoxy) is 1. The van der Waals surface area contributed by atoms with Gasteiger partial charge >= 0.3 is 5.97 Å². The van der Waals surface area contributed by atoms with Crippen molar-refractivity contribution >= 4 is 29.3 Å². The van der Waals surface area contributed by atoms with E-state index in [1.54, 1.807) is 48.2 Å². The van der Waals surface area contributed by atoms with Crippen LogP contribution >= 0.6 is 0 Å². The smallest absolute Gasteiger partial charge is 0.337 e. The first-order valence-corrected chi connectivity index (χ1v) is 8.82. The Balaban J connectivity index is 1.59. The summed E-state index contributed by atoms with van der Waals surface area (Å²) < 4.78 is 4.64. The molecule has 2 amide bonds. The molecule has 0 spiro atoms. The van der Waals surface area contributed by atoms with Crippen LogP contribution in [0.3, 0.4) is 0 Å². The zero-order valence-electron chi connectivity index (χ0n) is 15.7. The second-order valence-electron chi connectivity index (χ2n) is 6.29. The molecule has 0 aliphatic carbocycles. The van der Waals surface area contributed by atoms with Gasteiger partial charge in [0.25, 0.3) is 5.91 Å². The quantitative estimate of drug-likeness (QED) is 0.791. The summed E-state index contributed by atoms with van der Waals surface area (Å²) in [6, 6.07) is 9.71. The van der Waals surface area contributed by atoms with E-state index < -0.39 is 11.9 Å². The van der Waals surface area contributed by atoms with E-state index in [0.29, 0.717) is 43.2 Å². The highest BCUT2D eigenvalue weighted by Gasteiger charge is 2.20. The van der Waals surface area contributed by atoms with Crippen LogP contribution in [0.5, 0.6) is 0 Å². The van der Waals surface area contributed by atoms with E-state index in [1.165, 1.54) is 7.11 Å². The molecule has 9 nitrogen and oxygen atoms in total. The summed E-state index contributed by atoms with van der Waals surface area (Å²) in [6.07, 6.45) is 0. The monoisotopic (exact) mass is 383 g/mol. The number of carbonyl (C=O) groups excluding carboxylic acids is 3. The highest BCUT2D eigenvalue weighted by molar-refractivity contribution is 6.03. The molecule has 2 heterocycles. The number of amides is 2. The lowest BCUT2D eigenvalue weighted by molar-refractivity contribution is -0.129. The van der Waals surface area contributed by atoms with E-state index in [2.05, 4.69) is 20.3 Å². The second kappa shape index (κ2) is 8.47. The molecule has 28 heavy (non-hydrogen) atoms. The fourth-order valence-electron chi connectivity index (χ4n) is 2.87. The third-order valence-corrected chi connectivity index (χ3v) is 4.50. The Hall–Kier alpha value is -3.49. The van der Waals surface area contributed by atoms with Crippen molar-refractivity contribution in [2.75, 3.05) is 43.5 Å². The molecule has 1 aliphatic heterocycles. The Morgan fingerprint density at radius 3 is 2.18 bits per heavy atom. The van der Waals surface area contributed by atoms with Gasteiger partial charge in [0.15, 0.2) is 11.5 Å². The Morgan fingerprint density at radius 1 is 0.964 bits per heavy atom. The molecule has 146 valence electrons. The highest BCUT2D eigenvalue weighted by Crippen LogP contribution is 2.15. The molecule has 1 aromatic heterocycles. The number of nitrogens with zero attached hydrogens (tertiary/aromatic N) is 4. The number of hydrogen-bond acceptors (Lipinski definition) is 7. The number of nitrogens with one attached hydrogen (secondary N) is 1. The van der Waals surface area contributed by atoms with E-state index in [1.807, 2.05) is 4.90 Å². The Labute approximate surface area is 162 Å². The van der Waals surface area contributed by atoms with Crippen molar-refractivity contribution in [3.8, 4) is 0 Å². The SMILES string of the molecule is COC(=O)c1ccc(NC(=O)c2ccc(N3CCN(C(C)=O)CC3)nn2)cc1. The summed E-state index contributed by atoms with van der Waals surface area (Å²) in [5, 5.41) is 10.8. The third-order valence-electron chi connectivity index (χ3n) is 4.50. The number of carbonyl (C=O) groups is 3. The average Bonchev–Trinajstić information content (AvgIpc) is 2.74. The number of anilines is 2. The summed E-state index contributed by atoms with van der Waals surface area (Å²) in [4.78, 5) is 39.0. The Bertz CT molecular complexity index is 859. The fraction of sp³-hybridized carbons (Fsp3) is 0.316. The van der Waals surface area contributed by atoms with Crippen LogP contribution in [-0.2, 0) is 9.53 Å². The summed E-state index contributed by atoms with van der Waals surface area (Å²) in [5.41, 5.74) is 1.11. The van der Waals surface area contributed by atoms with Gasteiger partial charge in [0.2, 0.25) is 5.91 Å². The molecular weight excluding hydrogens is 362 g/mol. The minimum absolute atomic E-state index is 0.0670.